The molecule has 0 radical (unpaired) electrons. The number of carboxylic acid groups (broad SMARTS) is 1. The lowest BCUT2D eigenvalue weighted by atomic mass is 9.82. The number of aromatic carboxylic acids is 1. The summed E-state index contributed by atoms with van der Waals surface area (Å²) in [6, 6.07) is 2.93. The van der Waals surface area contributed by atoms with E-state index >= 15 is 0 Å². The van der Waals surface area contributed by atoms with Gasteiger partial charge in [0.05, 0.1) is 13.1 Å². The Kier molecular flexibility index (Phi) is 5.88. The van der Waals surface area contributed by atoms with Crippen molar-refractivity contribution in [1.29, 1.82) is 0 Å². The van der Waals surface area contributed by atoms with Crippen LogP contribution in [0.25, 0.3) is 0 Å². The van der Waals surface area contributed by atoms with Gasteiger partial charge < -0.3 is 34.6 Å². The molecule has 27 heavy (non-hydrogen) atoms. The van der Waals surface area contributed by atoms with Gasteiger partial charge in [0.2, 0.25) is 0 Å². The number of carbonyl (C=O) groups is 2. The Balaban J connectivity index is 1.64. The number of likely N-dealkylation sites (tertiary alicyclic amines) is 1. The summed E-state index contributed by atoms with van der Waals surface area (Å²) in [5.74, 6) is -1.86. The van der Waals surface area contributed by atoms with Crippen molar-refractivity contribution >= 4 is 19.0 Å². The fraction of sp³-hybridized carbons (Fsp3) is 0.529. The van der Waals surface area contributed by atoms with E-state index in [0.717, 1.165) is 6.42 Å². The van der Waals surface area contributed by atoms with Gasteiger partial charge in [-0.3, -0.25) is 4.79 Å². The predicted molar refractivity (Wildman–Crippen MR) is 93.7 cm³/mol. The average molecular weight is 379 g/mol. The predicted octanol–water partition coefficient (Wildman–Crippen LogP) is -0.126. The molecule has 0 aromatic heterocycles. The Morgan fingerprint density at radius 2 is 2.04 bits per heavy atom. The smallest absolute Gasteiger partial charge is 0.451 e. The van der Waals surface area contributed by atoms with Crippen molar-refractivity contribution in [1.82, 2.24) is 4.90 Å². The van der Waals surface area contributed by atoms with Gasteiger partial charge in [0.25, 0.3) is 5.91 Å². The lowest BCUT2D eigenvalue weighted by Crippen LogP contribution is -2.58. The van der Waals surface area contributed by atoms with Crippen molar-refractivity contribution in [2.24, 2.45) is 0 Å². The maximum absolute atomic E-state index is 12.2. The van der Waals surface area contributed by atoms with Crippen LogP contribution in [0.15, 0.2) is 12.1 Å². The summed E-state index contributed by atoms with van der Waals surface area (Å²) in [6.07, 6.45) is 0.892. The number of amides is 1. The zero-order chi connectivity index (χ0) is 19.6. The van der Waals surface area contributed by atoms with Crippen molar-refractivity contribution in [2.45, 2.75) is 37.8 Å². The topological polar surface area (TPSA) is 137 Å². The minimum atomic E-state index is -1.55. The first-order valence-corrected chi connectivity index (χ1v) is 8.88. The van der Waals surface area contributed by atoms with Gasteiger partial charge in [-0.15, -0.1) is 0 Å². The molecular formula is C17H22BNO8. The lowest BCUT2D eigenvalue weighted by Gasteiger charge is -2.40. The molecule has 146 valence electrons. The number of aryl methyl sites for hydroxylation is 1. The van der Waals surface area contributed by atoms with Crippen molar-refractivity contribution in [3.8, 4) is 11.5 Å². The number of carboxylic acids is 1. The number of ether oxygens (including phenoxy) is 2. The summed E-state index contributed by atoms with van der Waals surface area (Å²) in [5.41, 5.74) is -0.0829. The van der Waals surface area contributed by atoms with Gasteiger partial charge in [0.1, 0.15) is 29.3 Å². The van der Waals surface area contributed by atoms with Gasteiger partial charge in [-0.25, -0.2) is 4.79 Å². The van der Waals surface area contributed by atoms with E-state index in [1.54, 1.807) is 4.90 Å². The van der Waals surface area contributed by atoms with E-state index in [1.165, 1.54) is 12.1 Å². The number of carbonyl (C=O) groups excluding carboxylic acids is 1. The molecule has 1 aromatic carbocycles. The fourth-order valence-corrected chi connectivity index (χ4v) is 3.26. The Labute approximate surface area is 156 Å². The van der Waals surface area contributed by atoms with Crippen molar-refractivity contribution in [3.05, 3.63) is 23.3 Å². The second-order valence-corrected chi connectivity index (χ2v) is 6.76. The number of phenols is 1. The highest BCUT2D eigenvalue weighted by Gasteiger charge is 2.38. The van der Waals surface area contributed by atoms with Crippen LogP contribution in [0.1, 0.15) is 28.8 Å². The summed E-state index contributed by atoms with van der Waals surface area (Å²) in [7, 11) is -1.55. The number of benzene rings is 1. The molecular weight excluding hydrogens is 357 g/mol. The summed E-state index contributed by atoms with van der Waals surface area (Å²) in [4.78, 5) is 25.4. The molecule has 2 heterocycles. The molecule has 1 aromatic rings. The standard InChI is InChI=1S/C17H22BNO8/c20-15-10(5-6-18(24)25)3-4-12(14(15)17(22)23)27-11-8-19(9-11)16(21)13-2-1-7-26-13/h3-4,11,13,20,24-25H,1-2,5-9H2,(H,22,23)/t13-/m0/s1. The molecule has 1 amide bonds. The van der Waals surface area contributed by atoms with Crippen LogP contribution in [0.3, 0.4) is 0 Å². The minimum absolute atomic E-state index is 0.0162. The van der Waals surface area contributed by atoms with Crippen LogP contribution in [0, 0.1) is 0 Å². The summed E-state index contributed by atoms with van der Waals surface area (Å²) in [5, 5.41) is 37.5. The molecule has 0 spiro atoms. The summed E-state index contributed by atoms with van der Waals surface area (Å²) >= 11 is 0. The molecule has 2 saturated heterocycles. The van der Waals surface area contributed by atoms with E-state index in [2.05, 4.69) is 0 Å². The van der Waals surface area contributed by atoms with Crippen molar-refractivity contribution in [3.63, 3.8) is 0 Å². The molecule has 2 aliphatic rings. The van der Waals surface area contributed by atoms with Gasteiger partial charge in [-0.1, -0.05) is 6.07 Å². The third-order valence-corrected chi connectivity index (χ3v) is 4.77. The molecule has 0 saturated carbocycles. The van der Waals surface area contributed by atoms with Crippen LogP contribution in [0.4, 0.5) is 0 Å². The number of hydrogen-bond donors (Lipinski definition) is 4. The Morgan fingerprint density at radius 1 is 1.30 bits per heavy atom. The fourth-order valence-electron chi connectivity index (χ4n) is 3.26. The molecule has 0 unspecified atom stereocenters. The number of aromatic hydroxyl groups is 1. The summed E-state index contributed by atoms with van der Waals surface area (Å²) < 4.78 is 11.0. The highest BCUT2D eigenvalue weighted by Crippen LogP contribution is 2.34. The largest absolute Gasteiger partial charge is 0.507 e. The maximum Gasteiger partial charge on any atom is 0.451 e. The van der Waals surface area contributed by atoms with E-state index < -0.39 is 24.9 Å². The highest BCUT2D eigenvalue weighted by atomic mass is 16.5. The lowest BCUT2D eigenvalue weighted by molar-refractivity contribution is -0.149. The molecule has 9 nitrogen and oxygen atoms in total. The zero-order valence-electron chi connectivity index (χ0n) is 14.7. The monoisotopic (exact) mass is 379 g/mol. The van der Waals surface area contributed by atoms with Gasteiger partial charge in [-0.05, 0) is 37.2 Å². The second kappa shape index (κ2) is 8.16. The van der Waals surface area contributed by atoms with Crippen LogP contribution in [-0.4, -0.2) is 76.1 Å². The molecule has 10 heteroatoms. The molecule has 0 aliphatic carbocycles. The first kappa shape index (κ1) is 19.5. The first-order valence-electron chi connectivity index (χ1n) is 8.88. The van der Waals surface area contributed by atoms with Crippen LogP contribution < -0.4 is 4.74 Å². The molecule has 0 bridgehead atoms. The van der Waals surface area contributed by atoms with E-state index in [9.17, 15) is 19.8 Å². The Hall–Kier alpha value is -2.30. The van der Waals surface area contributed by atoms with E-state index in [1.807, 2.05) is 0 Å². The van der Waals surface area contributed by atoms with Gasteiger partial charge in [0, 0.05) is 6.61 Å². The van der Waals surface area contributed by atoms with Gasteiger partial charge in [-0.2, -0.15) is 0 Å². The van der Waals surface area contributed by atoms with E-state index in [0.29, 0.717) is 26.1 Å². The van der Waals surface area contributed by atoms with Crippen LogP contribution >= 0.6 is 0 Å². The average Bonchev–Trinajstić information content (AvgIpc) is 3.10. The number of nitrogens with zero attached hydrogens (tertiary/aromatic N) is 1. The first-order chi connectivity index (χ1) is 12.9. The molecule has 3 rings (SSSR count). The summed E-state index contributed by atoms with van der Waals surface area (Å²) in [6.45, 7) is 1.25. The normalized spacial score (nSPS) is 19.6. The molecule has 1 atom stereocenters. The zero-order valence-corrected chi connectivity index (χ0v) is 14.7. The third-order valence-electron chi connectivity index (χ3n) is 4.77. The van der Waals surface area contributed by atoms with E-state index in [4.69, 9.17) is 19.5 Å². The molecule has 2 aliphatic heterocycles. The number of hydrogen-bond acceptors (Lipinski definition) is 7. The third kappa shape index (κ3) is 4.34. The minimum Gasteiger partial charge on any atom is -0.507 e. The molecule has 4 N–H and O–H groups in total. The molecule has 2 fully saturated rings. The SMILES string of the molecule is O=C(O)c1c(OC2CN(C(=O)[C@@H]3CCCO3)C2)ccc(CCB(O)O)c1O. The van der Waals surface area contributed by atoms with Crippen molar-refractivity contribution < 1.29 is 39.3 Å². The quantitative estimate of drug-likeness (QED) is 0.481. The van der Waals surface area contributed by atoms with Crippen LogP contribution in [0.2, 0.25) is 6.32 Å². The highest BCUT2D eigenvalue weighted by molar-refractivity contribution is 6.41. The van der Waals surface area contributed by atoms with Crippen LogP contribution in [-0.2, 0) is 16.0 Å². The van der Waals surface area contributed by atoms with Gasteiger partial charge >= 0.3 is 13.1 Å². The van der Waals surface area contributed by atoms with Crippen LogP contribution in [0.5, 0.6) is 11.5 Å². The van der Waals surface area contributed by atoms with Gasteiger partial charge in [0.15, 0.2) is 0 Å². The Bertz CT molecular complexity index is 713. The number of rotatable bonds is 7. The van der Waals surface area contributed by atoms with E-state index in [-0.39, 0.29) is 41.6 Å². The Morgan fingerprint density at radius 3 is 2.63 bits per heavy atom. The second-order valence-electron chi connectivity index (χ2n) is 6.76. The van der Waals surface area contributed by atoms with Crippen molar-refractivity contribution in [2.75, 3.05) is 19.7 Å². The maximum atomic E-state index is 12.2.